The summed E-state index contributed by atoms with van der Waals surface area (Å²) in [6, 6.07) is 7.74. The number of nitrogens with two attached hydrogens (primary N) is 1. The van der Waals surface area contributed by atoms with E-state index >= 15 is 0 Å². The molecule has 8 nitrogen and oxygen atoms in total. The van der Waals surface area contributed by atoms with Gasteiger partial charge < -0.3 is 20.5 Å². The lowest BCUT2D eigenvalue weighted by molar-refractivity contribution is 0.0845. The largest absolute Gasteiger partial charge is 0.474 e. The number of rotatable bonds is 7. The molecule has 35 heavy (non-hydrogen) atoms. The van der Waals surface area contributed by atoms with E-state index < -0.39 is 5.91 Å². The molecular weight excluding hydrogens is 451 g/mol. The van der Waals surface area contributed by atoms with Gasteiger partial charge in [-0.05, 0) is 62.4 Å². The van der Waals surface area contributed by atoms with E-state index in [1.807, 2.05) is 6.92 Å². The van der Waals surface area contributed by atoms with Crippen molar-refractivity contribution in [1.29, 1.82) is 0 Å². The Morgan fingerprint density at radius 2 is 2.11 bits per heavy atom. The lowest BCUT2D eigenvalue weighted by atomic mass is 9.77. The average molecular weight is 479 g/mol. The number of primary amides is 1. The van der Waals surface area contributed by atoms with Crippen LogP contribution in [0.4, 0.5) is 4.39 Å². The van der Waals surface area contributed by atoms with Crippen LogP contribution in [0.25, 0.3) is 10.9 Å². The normalized spacial score (nSPS) is 19.9. The summed E-state index contributed by atoms with van der Waals surface area (Å²) in [6.45, 7) is 2.95. The van der Waals surface area contributed by atoms with Gasteiger partial charge >= 0.3 is 0 Å². The summed E-state index contributed by atoms with van der Waals surface area (Å²) in [5, 5.41) is 3.62. The number of pyridine rings is 2. The molecule has 1 saturated carbocycles. The molecule has 3 heterocycles. The molecule has 0 unspecified atom stereocenters. The monoisotopic (exact) mass is 478 g/mol. The Labute approximate surface area is 202 Å². The first kappa shape index (κ1) is 23.2. The van der Waals surface area contributed by atoms with Crippen molar-refractivity contribution in [2.45, 2.75) is 51.4 Å². The molecule has 2 amide bonds. The van der Waals surface area contributed by atoms with Gasteiger partial charge in [0.05, 0.1) is 36.1 Å². The van der Waals surface area contributed by atoms with Crippen LogP contribution in [0.15, 0.2) is 36.5 Å². The quantitative estimate of drug-likeness (QED) is 0.538. The van der Waals surface area contributed by atoms with Gasteiger partial charge in [-0.1, -0.05) is 0 Å². The van der Waals surface area contributed by atoms with Crippen molar-refractivity contribution in [2.24, 2.45) is 11.7 Å². The number of benzene rings is 1. The molecule has 1 aliphatic carbocycles. The Morgan fingerprint density at radius 1 is 1.29 bits per heavy atom. The predicted molar refractivity (Wildman–Crippen MR) is 127 cm³/mol. The van der Waals surface area contributed by atoms with Crippen molar-refractivity contribution in [3.63, 3.8) is 0 Å². The Kier molecular flexibility index (Phi) is 6.34. The molecular formula is C26H27FN4O4. The van der Waals surface area contributed by atoms with Gasteiger partial charge in [0.1, 0.15) is 11.4 Å². The number of nitrogens with one attached hydrogen (secondary N) is 1. The summed E-state index contributed by atoms with van der Waals surface area (Å²) in [6.07, 6.45) is 4.43. The minimum Gasteiger partial charge on any atom is -0.474 e. The molecule has 0 spiro atoms. The highest BCUT2D eigenvalue weighted by Gasteiger charge is 2.32. The van der Waals surface area contributed by atoms with Crippen LogP contribution in [0.3, 0.4) is 0 Å². The lowest BCUT2D eigenvalue weighted by Gasteiger charge is -2.37. The third-order valence-corrected chi connectivity index (χ3v) is 6.62. The summed E-state index contributed by atoms with van der Waals surface area (Å²) < 4.78 is 25.0. The van der Waals surface area contributed by atoms with Gasteiger partial charge in [-0.3, -0.25) is 14.6 Å². The molecule has 3 aromatic rings. The summed E-state index contributed by atoms with van der Waals surface area (Å²) in [5.74, 6) is -0.509. The highest BCUT2D eigenvalue weighted by molar-refractivity contribution is 5.97. The van der Waals surface area contributed by atoms with Crippen molar-refractivity contribution in [3.05, 3.63) is 64.7 Å². The Hall–Kier alpha value is -3.59. The Morgan fingerprint density at radius 3 is 2.91 bits per heavy atom. The molecule has 1 aliphatic heterocycles. The van der Waals surface area contributed by atoms with Crippen LogP contribution < -0.4 is 15.8 Å². The first-order chi connectivity index (χ1) is 16.9. The number of hydrogen-bond acceptors (Lipinski definition) is 6. The molecule has 0 saturated heterocycles. The van der Waals surface area contributed by atoms with E-state index in [1.165, 1.54) is 18.3 Å². The maximum absolute atomic E-state index is 13.5. The van der Waals surface area contributed by atoms with Crippen molar-refractivity contribution in [3.8, 4) is 5.88 Å². The number of ether oxygens (including phenoxy) is 2. The van der Waals surface area contributed by atoms with E-state index in [9.17, 15) is 14.0 Å². The summed E-state index contributed by atoms with van der Waals surface area (Å²) >= 11 is 0. The molecule has 1 fully saturated rings. The Bertz CT molecular complexity index is 1290. The predicted octanol–water partition coefficient (Wildman–Crippen LogP) is 3.31. The molecule has 1 atom stereocenters. The summed E-state index contributed by atoms with van der Waals surface area (Å²) in [4.78, 5) is 33.4. The van der Waals surface area contributed by atoms with E-state index in [0.717, 1.165) is 30.5 Å². The molecule has 5 rings (SSSR count). The van der Waals surface area contributed by atoms with Gasteiger partial charge in [0.2, 0.25) is 5.88 Å². The average Bonchev–Trinajstić information content (AvgIpc) is 2.81. The second kappa shape index (κ2) is 9.58. The van der Waals surface area contributed by atoms with Crippen molar-refractivity contribution in [2.75, 3.05) is 6.61 Å². The van der Waals surface area contributed by atoms with Gasteiger partial charge in [-0.25, -0.2) is 9.37 Å². The van der Waals surface area contributed by atoms with Crippen LogP contribution >= 0.6 is 0 Å². The van der Waals surface area contributed by atoms with Crippen LogP contribution in [0.5, 0.6) is 5.88 Å². The highest BCUT2D eigenvalue weighted by Crippen LogP contribution is 2.33. The van der Waals surface area contributed by atoms with Crippen LogP contribution in [-0.4, -0.2) is 40.5 Å². The molecule has 2 aliphatic rings. The first-order valence-corrected chi connectivity index (χ1v) is 11.8. The maximum Gasteiger partial charge on any atom is 0.254 e. The number of halogens is 1. The first-order valence-electron chi connectivity index (χ1n) is 11.8. The van der Waals surface area contributed by atoms with Gasteiger partial charge in [0, 0.05) is 29.6 Å². The number of nitrogens with zero attached hydrogens (tertiary/aromatic N) is 2. The molecule has 9 heteroatoms. The number of aromatic nitrogens is 2. The highest BCUT2D eigenvalue weighted by atomic mass is 19.1. The third kappa shape index (κ3) is 5.09. The van der Waals surface area contributed by atoms with E-state index in [1.54, 1.807) is 18.2 Å². The van der Waals surface area contributed by atoms with Gasteiger partial charge in [0.25, 0.3) is 11.8 Å². The van der Waals surface area contributed by atoms with E-state index in [-0.39, 0.29) is 35.3 Å². The van der Waals surface area contributed by atoms with Crippen LogP contribution in [-0.2, 0) is 17.8 Å². The summed E-state index contributed by atoms with van der Waals surface area (Å²) in [5.41, 5.74) is 8.61. The zero-order valence-electron chi connectivity index (χ0n) is 19.4. The van der Waals surface area contributed by atoms with Gasteiger partial charge in [0.15, 0.2) is 0 Å². The van der Waals surface area contributed by atoms with Crippen molar-refractivity contribution < 1.29 is 23.5 Å². The maximum atomic E-state index is 13.5. The van der Waals surface area contributed by atoms with Crippen molar-refractivity contribution >= 4 is 22.7 Å². The number of carbonyl (C=O) groups is 2. The molecule has 0 bridgehead atoms. The third-order valence-electron chi connectivity index (χ3n) is 6.62. The summed E-state index contributed by atoms with van der Waals surface area (Å²) in [7, 11) is 0. The minimum absolute atomic E-state index is 0.0611. The van der Waals surface area contributed by atoms with Gasteiger partial charge in [-0.15, -0.1) is 0 Å². The molecule has 0 radical (unpaired) electrons. The van der Waals surface area contributed by atoms with Crippen LogP contribution in [0.2, 0.25) is 0 Å². The fourth-order valence-corrected chi connectivity index (χ4v) is 4.78. The van der Waals surface area contributed by atoms with Crippen molar-refractivity contribution in [1.82, 2.24) is 15.3 Å². The molecule has 182 valence electrons. The molecule has 1 aromatic carbocycles. The smallest absolute Gasteiger partial charge is 0.254 e. The number of carbonyl (C=O) groups excluding carboxylic acids is 2. The fraction of sp³-hybridized carbons (Fsp3) is 0.385. The van der Waals surface area contributed by atoms with Gasteiger partial charge in [-0.2, -0.15) is 0 Å². The van der Waals surface area contributed by atoms with E-state index in [0.29, 0.717) is 42.0 Å². The lowest BCUT2D eigenvalue weighted by Crippen LogP contribution is -2.45. The fourth-order valence-electron chi connectivity index (χ4n) is 4.78. The SMILES string of the molecule is C[C@@H](CC1CC(NC(=O)c2cnc3ccc(F)cc3c2)C1)Oc1nc2c(cc1C(N)=O)COCC2. The van der Waals surface area contributed by atoms with E-state index in [4.69, 9.17) is 15.2 Å². The zero-order valence-corrected chi connectivity index (χ0v) is 19.4. The van der Waals surface area contributed by atoms with Crippen LogP contribution in [0.1, 0.15) is 58.2 Å². The minimum atomic E-state index is -0.578. The second-order valence-corrected chi connectivity index (χ2v) is 9.35. The number of amides is 2. The number of hydrogen-bond donors (Lipinski definition) is 2. The zero-order chi connectivity index (χ0) is 24.5. The second-order valence-electron chi connectivity index (χ2n) is 9.35. The Balaban J connectivity index is 1.15. The standard InChI is InChI=1S/C26H27FN4O4/c1-14(35-26-21(24(28)32)11-18-13-34-5-4-23(18)31-26)6-15-7-20(8-15)30-25(33)17-9-16-10-19(27)2-3-22(16)29-12-17/h2-3,9-12,14-15,20H,4-8,13H2,1H3,(H2,28,32)(H,30,33)/t14-,15?,20?/m0/s1. The molecule has 2 aromatic heterocycles. The number of fused-ring (bicyclic) bond motifs is 2. The topological polar surface area (TPSA) is 116 Å². The molecule has 3 N–H and O–H groups in total. The van der Waals surface area contributed by atoms with Crippen LogP contribution in [0, 0.1) is 11.7 Å². The van der Waals surface area contributed by atoms with E-state index in [2.05, 4.69) is 15.3 Å².